The fourth-order valence-corrected chi connectivity index (χ4v) is 3.29. The van der Waals surface area contributed by atoms with E-state index in [0.29, 0.717) is 36.3 Å². The van der Waals surface area contributed by atoms with E-state index in [-0.39, 0.29) is 17.7 Å². The van der Waals surface area contributed by atoms with Crippen LogP contribution in [-0.4, -0.2) is 41.6 Å². The first-order valence-electron chi connectivity index (χ1n) is 9.74. The van der Waals surface area contributed by atoms with Crippen LogP contribution in [0.3, 0.4) is 0 Å². The Morgan fingerprint density at radius 3 is 2.65 bits per heavy atom. The third-order valence-corrected chi connectivity index (χ3v) is 4.52. The van der Waals surface area contributed by atoms with Crippen LogP contribution in [0.1, 0.15) is 43.7 Å². The van der Waals surface area contributed by atoms with Gasteiger partial charge in [0.05, 0.1) is 6.04 Å². The van der Waals surface area contributed by atoms with E-state index in [2.05, 4.69) is 15.4 Å². The summed E-state index contributed by atoms with van der Waals surface area (Å²) in [5.74, 6) is -0.609. The molecule has 168 valence electrons. The maximum atomic E-state index is 12.5. The number of nitrogens with zero attached hydrogens (tertiary/aromatic N) is 1. The number of benzene rings is 1. The van der Waals surface area contributed by atoms with Crippen molar-refractivity contribution in [2.75, 3.05) is 13.1 Å². The molecule has 1 aliphatic rings. The number of hydrogen-bond donors (Lipinski definition) is 2. The van der Waals surface area contributed by atoms with Crippen LogP contribution in [0, 0.1) is 0 Å². The molecule has 1 unspecified atom stereocenters. The van der Waals surface area contributed by atoms with Crippen molar-refractivity contribution in [3.05, 3.63) is 42.2 Å². The summed E-state index contributed by atoms with van der Waals surface area (Å²) in [6.45, 7) is 6.01. The molecule has 0 saturated carbocycles. The number of fused-ring (bicyclic) bond motifs is 1. The van der Waals surface area contributed by atoms with E-state index < -0.39 is 18.1 Å². The number of carbonyl (C=O) groups excluding carboxylic acids is 2. The molecule has 1 aromatic heterocycles. The van der Waals surface area contributed by atoms with E-state index in [9.17, 15) is 22.8 Å². The zero-order chi connectivity index (χ0) is 22.8. The van der Waals surface area contributed by atoms with E-state index in [0.717, 1.165) is 0 Å². The van der Waals surface area contributed by atoms with Gasteiger partial charge in [0.2, 0.25) is 0 Å². The van der Waals surface area contributed by atoms with Gasteiger partial charge >= 0.3 is 12.5 Å². The Bertz CT molecular complexity index is 964. The molecular formula is C21H24F3N3O4. The molecule has 2 amide bonds. The van der Waals surface area contributed by atoms with E-state index in [1.165, 1.54) is 18.2 Å². The SMILES string of the molecule is CC(C)(C)OC(=O)NCCC1CNC(=O)c2cc(-c3cccc(OC(F)(F)F)c3)cn21. The van der Waals surface area contributed by atoms with Gasteiger partial charge in [-0.25, -0.2) is 4.79 Å². The second-order valence-corrected chi connectivity index (χ2v) is 8.18. The zero-order valence-electron chi connectivity index (χ0n) is 17.4. The average Bonchev–Trinajstić information content (AvgIpc) is 3.07. The van der Waals surface area contributed by atoms with Gasteiger partial charge in [0.1, 0.15) is 17.0 Å². The number of nitrogens with one attached hydrogen (secondary N) is 2. The Hall–Kier alpha value is -3.17. The largest absolute Gasteiger partial charge is 0.573 e. The summed E-state index contributed by atoms with van der Waals surface area (Å²) in [6.07, 6.45) is -3.07. The second-order valence-electron chi connectivity index (χ2n) is 8.18. The lowest BCUT2D eigenvalue weighted by Crippen LogP contribution is -2.40. The van der Waals surface area contributed by atoms with Crippen LogP contribution in [0.4, 0.5) is 18.0 Å². The van der Waals surface area contributed by atoms with Gasteiger partial charge in [-0.15, -0.1) is 13.2 Å². The number of hydrogen-bond acceptors (Lipinski definition) is 4. The van der Waals surface area contributed by atoms with Crippen molar-refractivity contribution in [3.63, 3.8) is 0 Å². The van der Waals surface area contributed by atoms with Crippen molar-refractivity contribution in [3.8, 4) is 16.9 Å². The van der Waals surface area contributed by atoms with Crippen LogP contribution in [0.15, 0.2) is 36.5 Å². The molecule has 0 fully saturated rings. The van der Waals surface area contributed by atoms with Crippen LogP contribution in [-0.2, 0) is 4.74 Å². The number of ether oxygens (including phenoxy) is 2. The standard InChI is InChI=1S/C21H24F3N3O4/c1-20(2,3)31-19(29)25-8-7-15-11-26-18(28)17-10-14(12-27(15)17)13-5-4-6-16(9-13)30-21(22,23)24/h4-6,9-10,12,15H,7-8,11H2,1-3H3,(H,25,29)(H,26,28). The summed E-state index contributed by atoms with van der Waals surface area (Å²) >= 11 is 0. The predicted molar refractivity (Wildman–Crippen MR) is 107 cm³/mol. The van der Waals surface area contributed by atoms with E-state index in [1.807, 2.05) is 0 Å². The van der Waals surface area contributed by atoms with Crippen molar-refractivity contribution >= 4 is 12.0 Å². The Balaban J connectivity index is 1.73. The summed E-state index contributed by atoms with van der Waals surface area (Å²) < 4.78 is 48.5. The van der Waals surface area contributed by atoms with Crippen molar-refractivity contribution in [2.45, 2.75) is 45.2 Å². The number of aromatic nitrogens is 1. The fourth-order valence-electron chi connectivity index (χ4n) is 3.29. The van der Waals surface area contributed by atoms with E-state index in [1.54, 1.807) is 43.7 Å². The number of amides is 2. The highest BCUT2D eigenvalue weighted by molar-refractivity contribution is 5.95. The third-order valence-electron chi connectivity index (χ3n) is 4.52. The first-order chi connectivity index (χ1) is 14.4. The molecule has 31 heavy (non-hydrogen) atoms. The molecule has 2 heterocycles. The number of halogens is 3. The Kier molecular flexibility index (Phi) is 6.19. The van der Waals surface area contributed by atoms with Gasteiger partial charge in [0, 0.05) is 24.8 Å². The molecular weight excluding hydrogens is 415 g/mol. The van der Waals surface area contributed by atoms with Crippen LogP contribution in [0.2, 0.25) is 0 Å². The molecule has 2 N–H and O–H groups in total. The summed E-state index contributed by atoms with van der Waals surface area (Å²) in [5.41, 5.74) is 0.868. The van der Waals surface area contributed by atoms with Crippen molar-refractivity contribution in [1.82, 2.24) is 15.2 Å². The molecule has 1 aromatic carbocycles. The molecule has 0 saturated heterocycles. The van der Waals surface area contributed by atoms with Crippen LogP contribution < -0.4 is 15.4 Å². The van der Waals surface area contributed by atoms with Gasteiger partial charge in [0.15, 0.2) is 0 Å². The van der Waals surface area contributed by atoms with E-state index >= 15 is 0 Å². The summed E-state index contributed by atoms with van der Waals surface area (Å²) in [4.78, 5) is 24.1. The number of alkyl halides is 3. The Morgan fingerprint density at radius 1 is 1.23 bits per heavy atom. The maximum Gasteiger partial charge on any atom is 0.573 e. The van der Waals surface area contributed by atoms with Gasteiger partial charge in [-0.3, -0.25) is 4.79 Å². The van der Waals surface area contributed by atoms with Crippen molar-refractivity contribution < 1.29 is 32.2 Å². The van der Waals surface area contributed by atoms with Crippen LogP contribution in [0.25, 0.3) is 11.1 Å². The number of alkyl carbamates (subject to hydrolysis) is 1. The third kappa shape index (κ3) is 6.16. The lowest BCUT2D eigenvalue weighted by molar-refractivity contribution is -0.274. The summed E-state index contributed by atoms with van der Waals surface area (Å²) in [5, 5.41) is 5.48. The highest BCUT2D eigenvalue weighted by atomic mass is 19.4. The minimum atomic E-state index is -4.79. The molecule has 2 aromatic rings. The van der Waals surface area contributed by atoms with Crippen molar-refractivity contribution in [1.29, 1.82) is 0 Å². The molecule has 0 spiro atoms. The first-order valence-corrected chi connectivity index (χ1v) is 9.74. The minimum Gasteiger partial charge on any atom is -0.444 e. The maximum absolute atomic E-state index is 12.5. The van der Waals surface area contributed by atoms with Crippen LogP contribution in [0.5, 0.6) is 5.75 Å². The van der Waals surface area contributed by atoms with Crippen LogP contribution >= 0.6 is 0 Å². The highest BCUT2D eigenvalue weighted by Crippen LogP contribution is 2.31. The Morgan fingerprint density at radius 2 is 1.97 bits per heavy atom. The minimum absolute atomic E-state index is 0.133. The summed E-state index contributed by atoms with van der Waals surface area (Å²) in [6, 6.07) is 7.06. The molecule has 3 rings (SSSR count). The normalized spacial score (nSPS) is 16.3. The van der Waals surface area contributed by atoms with Gasteiger partial charge in [-0.1, -0.05) is 12.1 Å². The highest BCUT2D eigenvalue weighted by Gasteiger charge is 2.31. The quantitative estimate of drug-likeness (QED) is 0.730. The smallest absolute Gasteiger partial charge is 0.444 e. The topological polar surface area (TPSA) is 81.6 Å². The van der Waals surface area contributed by atoms with Crippen molar-refractivity contribution in [2.24, 2.45) is 0 Å². The molecule has 0 bridgehead atoms. The molecule has 1 atom stereocenters. The number of rotatable bonds is 5. The molecule has 7 nitrogen and oxygen atoms in total. The lowest BCUT2D eigenvalue weighted by atomic mass is 10.1. The van der Waals surface area contributed by atoms with Gasteiger partial charge in [-0.2, -0.15) is 0 Å². The Labute approximate surface area is 177 Å². The van der Waals surface area contributed by atoms with E-state index in [4.69, 9.17) is 4.74 Å². The summed E-state index contributed by atoms with van der Waals surface area (Å²) in [7, 11) is 0. The second kappa shape index (κ2) is 8.52. The average molecular weight is 439 g/mol. The number of carbonyl (C=O) groups is 2. The van der Waals surface area contributed by atoms with Gasteiger partial charge < -0.3 is 24.7 Å². The predicted octanol–water partition coefficient (Wildman–Crippen LogP) is 4.25. The molecule has 0 aliphatic carbocycles. The zero-order valence-corrected chi connectivity index (χ0v) is 17.4. The molecule has 0 radical (unpaired) electrons. The van der Waals surface area contributed by atoms with Gasteiger partial charge in [0.25, 0.3) is 5.91 Å². The van der Waals surface area contributed by atoms with Gasteiger partial charge in [-0.05, 0) is 51.0 Å². The first kappa shape index (κ1) is 22.5. The monoisotopic (exact) mass is 439 g/mol. The molecule has 10 heteroatoms. The molecule has 1 aliphatic heterocycles. The lowest BCUT2D eigenvalue weighted by Gasteiger charge is -2.27. The fraction of sp³-hybridized carbons (Fsp3) is 0.429.